The molecule has 1 atom stereocenters. The number of hydrazone groups is 1. The summed E-state index contributed by atoms with van der Waals surface area (Å²) in [6, 6.07) is 16.1. The van der Waals surface area contributed by atoms with Gasteiger partial charge in [-0.2, -0.15) is 5.10 Å². The normalized spacial score (nSPS) is 15.9. The van der Waals surface area contributed by atoms with Crippen molar-refractivity contribution in [2.45, 2.75) is 20.3 Å². The lowest BCUT2D eigenvalue weighted by atomic mass is 9.99. The van der Waals surface area contributed by atoms with Gasteiger partial charge in [0.05, 0.1) is 24.3 Å². The maximum Gasteiger partial charge on any atom is 0.337 e. The van der Waals surface area contributed by atoms with Crippen LogP contribution in [0, 0.1) is 12.8 Å². The zero-order valence-corrected chi connectivity index (χ0v) is 18.1. The molecule has 6 nitrogen and oxygen atoms in total. The lowest BCUT2D eigenvalue weighted by Crippen LogP contribution is -2.28. The van der Waals surface area contributed by atoms with Crippen molar-refractivity contribution >= 4 is 34.9 Å². The highest BCUT2D eigenvalue weighted by Crippen LogP contribution is 2.31. The summed E-state index contributed by atoms with van der Waals surface area (Å²) < 4.78 is 10.7. The largest absolute Gasteiger partial charge is 0.465 e. The number of carbonyl (C=O) groups excluding carboxylic acids is 2. The molecule has 31 heavy (non-hydrogen) atoms. The van der Waals surface area contributed by atoms with E-state index in [2.05, 4.69) is 5.10 Å². The molecule has 0 fully saturated rings. The third-order valence-corrected chi connectivity index (χ3v) is 5.73. The van der Waals surface area contributed by atoms with Gasteiger partial charge in [-0.25, -0.2) is 9.80 Å². The number of anilines is 1. The van der Waals surface area contributed by atoms with E-state index >= 15 is 0 Å². The Kier molecular flexibility index (Phi) is 5.65. The number of hydrogen-bond donors (Lipinski definition) is 0. The molecule has 1 aromatic heterocycles. The van der Waals surface area contributed by atoms with Crippen LogP contribution in [-0.2, 0) is 16.0 Å². The molecule has 1 aliphatic heterocycles. The van der Waals surface area contributed by atoms with E-state index in [9.17, 15) is 9.59 Å². The zero-order valence-electron chi connectivity index (χ0n) is 17.4. The summed E-state index contributed by atoms with van der Waals surface area (Å²) in [6.07, 6.45) is 0.407. The molecule has 4 rings (SSSR count). The van der Waals surface area contributed by atoms with Crippen LogP contribution in [0.3, 0.4) is 0 Å². The van der Waals surface area contributed by atoms with Crippen molar-refractivity contribution in [3.8, 4) is 11.3 Å². The first kappa shape index (κ1) is 20.9. The molecule has 158 valence electrons. The Labute approximate surface area is 185 Å². The van der Waals surface area contributed by atoms with Crippen molar-refractivity contribution in [2.75, 3.05) is 12.1 Å². The second-order valence-corrected chi connectivity index (χ2v) is 7.82. The molecular formula is C24H21ClN2O4. The Bertz CT molecular complexity index is 1180. The fourth-order valence-electron chi connectivity index (χ4n) is 3.47. The number of nitrogens with zero attached hydrogens (tertiary/aromatic N) is 2. The first-order valence-corrected chi connectivity index (χ1v) is 10.2. The van der Waals surface area contributed by atoms with Gasteiger partial charge in [0.25, 0.3) is 5.91 Å². The zero-order chi connectivity index (χ0) is 22.1. The van der Waals surface area contributed by atoms with E-state index in [4.69, 9.17) is 20.8 Å². The standard InChI is InChI=1S/C24H21ClN2O4/c1-14-4-9-18(12-21(14)25)27-23(28)20(15(2)26-27)13-19-10-11-22(31-19)16-5-7-17(8-6-16)24(29)30-3/h4-12,20H,13H2,1-3H3. The Hall–Kier alpha value is -3.38. The van der Waals surface area contributed by atoms with Crippen LogP contribution >= 0.6 is 11.6 Å². The van der Waals surface area contributed by atoms with Crippen molar-refractivity contribution < 1.29 is 18.7 Å². The third kappa shape index (κ3) is 4.11. The minimum atomic E-state index is -0.402. The fourth-order valence-corrected chi connectivity index (χ4v) is 3.64. The first-order chi connectivity index (χ1) is 14.9. The van der Waals surface area contributed by atoms with E-state index in [1.807, 2.05) is 38.1 Å². The Morgan fingerprint density at radius 2 is 1.87 bits per heavy atom. The molecule has 0 radical (unpaired) electrons. The smallest absolute Gasteiger partial charge is 0.337 e. The van der Waals surface area contributed by atoms with Crippen molar-refractivity contribution in [1.29, 1.82) is 0 Å². The molecule has 7 heteroatoms. The van der Waals surface area contributed by atoms with Crippen molar-refractivity contribution in [3.63, 3.8) is 0 Å². The van der Waals surface area contributed by atoms with Gasteiger partial charge in [0.2, 0.25) is 0 Å². The molecule has 1 amide bonds. The molecule has 0 saturated carbocycles. The summed E-state index contributed by atoms with van der Waals surface area (Å²) in [7, 11) is 1.35. The van der Waals surface area contributed by atoms with Crippen molar-refractivity contribution in [3.05, 3.63) is 76.5 Å². The van der Waals surface area contributed by atoms with Crippen LogP contribution in [-0.4, -0.2) is 24.7 Å². The minimum absolute atomic E-state index is 0.113. The number of furan rings is 1. The van der Waals surface area contributed by atoms with Gasteiger partial charge >= 0.3 is 5.97 Å². The van der Waals surface area contributed by atoms with E-state index < -0.39 is 5.92 Å². The summed E-state index contributed by atoms with van der Waals surface area (Å²) >= 11 is 6.21. The molecular weight excluding hydrogens is 416 g/mol. The quantitative estimate of drug-likeness (QED) is 0.510. The fraction of sp³-hybridized carbons (Fsp3) is 0.208. The summed E-state index contributed by atoms with van der Waals surface area (Å²) in [4.78, 5) is 24.6. The Morgan fingerprint density at radius 3 is 2.55 bits per heavy atom. The van der Waals surface area contributed by atoms with E-state index in [0.29, 0.717) is 34.2 Å². The van der Waals surface area contributed by atoms with E-state index in [0.717, 1.165) is 16.8 Å². The number of hydrogen-bond acceptors (Lipinski definition) is 5. The highest BCUT2D eigenvalue weighted by atomic mass is 35.5. The molecule has 0 aliphatic carbocycles. The predicted molar refractivity (Wildman–Crippen MR) is 119 cm³/mol. The molecule has 0 saturated heterocycles. The van der Waals surface area contributed by atoms with Crippen LogP contribution in [0.5, 0.6) is 0 Å². The van der Waals surface area contributed by atoms with E-state index in [-0.39, 0.29) is 11.9 Å². The molecule has 0 bridgehead atoms. The average molecular weight is 437 g/mol. The monoisotopic (exact) mass is 436 g/mol. The number of benzene rings is 2. The van der Waals surface area contributed by atoms with E-state index in [1.165, 1.54) is 12.1 Å². The second kappa shape index (κ2) is 8.40. The van der Waals surface area contributed by atoms with Gasteiger partial charge in [-0.05, 0) is 55.8 Å². The number of methoxy groups -OCH3 is 1. The number of rotatable bonds is 5. The highest BCUT2D eigenvalue weighted by molar-refractivity contribution is 6.31. The number of halogens is 1. The Morgan fingerprint density at radius 1 is 1.13 bits per heavy atom. The number of carbonyl (C=O) groups is 2. The molecule has 3 aromatic rings. The number of amides is 1. The number of aryl methyl sites for hydroxylation is 1. The summed E-state index contributed by atoms with van der Waals surface area (Å²) in [5, 5.41) is 6.44. The topological polar surface area (TPSA) is 72.1 Å². The van der Waals surface area contributed by atoms with Crippen LogP contribution in [0.4, 0.5) is 5.69 Å². The lowest BCUT2D eigenvalue weighted by molar-refractivity contribution is -0.119. The van der Waals surface area contributed by atoms with Gasteiger partial charge in [-0.15, -0.1) is 0 Å². The molecule has 1 aliphatic rings. The minimum Gasteiger partial charge on any atom is -0.465 e. The van der Waals surface area contributed by atoms with Crippen LogP contribution in [0.15, 0.2) is 64.1 Å². The third-order valence-electron chi connectivity index (χ3n) is 5.33. The van der Waals surface area contributed by atoms with Gasteiger partial charge in [0.15, 0.2) is 0 Å². The van der Waals surface area contributed by atoms with Crippen LogP contribution in [0.1, 0.15) is 28.6 Å². The first-order valence-electron chi connectivity index (χ1n) is 9.80. The highest BCUT2D eigenvalue weighted by Gasteiger charge is 2.35. The molecule has 0 spiro atoms. The predicted octanol–water partition coefficient (Wildman–Crippen LogP) is 5.28. The lowest BCUT2D eigenvalue weighted by Gasteiger charge is -2.14. The van der Waals surface area contributed by atoms with E-state index in [1.54, 1.807) is 30.3 Å². The SMILES string of the molecule is COC(=O)c1ccc(-c2ccc(CC3C(=O)N(c4ccc(C)c(Cl)c4)N=C3C)o2)cc1. The maximum absolute atomic E-state index is 13.0. The van der Waals surface area contributed by atoms with Crippen LogP contribution < -0.4 is 5.01 Å². The van der Waals surface area contributed by atoms with Gasteiger partial charge in [0.1, 0.15) is 11.5 Å². The van der Waals surface area contributed by atoms with Crippen LogP contribution in [0.25, 0.3) is 11.3 Å². The van der Waals surface area contributed by atoms with Gasteiger partial charge in [-0.1, -0.05) is 29.8 Å². The number of ether oxygens (including phenoxy) is 1. The van der Waals surface area contributed by atoms with Gasteiger partial charge in [-0.3, -0.25) is 4.79 Å². The molecule has 0 N–H and O–H groups in total. The Balaban J connectivity index is 1.49. The summed E-state index contributed by atoms with van der Waals surface area (Å²) in [5.74, 6) is 0.441. The van der Waals surface area contributed by atoms with Crippen molar-refractivity contribution in [1.82, 2.24) is 0 Å². The summed E-state index contributed by atoms with van der Waals surface area (Å²) in [5.41, 5.74) is 3.61. The van der Waals surface area contributed by atoms with Crippen molar-refractivity contribution in [2.24, 2.45) is 11.0 Å². The van der Waals surface area contributed by atoms with Gasteiger partial charge < -0.3 is 9.15 Å². The average Bonchev–Trinajstić information content (AvgIpc) is 3.35. The summed E-state index contributed by atoms with van der Waals surface area (Å²) in [6.45, 7) is 3.75. The van der Waals surface area contributed by atoms with Crippen LogP contribution in [0.2, 0.25) is 5.02 Å². The molecule has 2 aromatic carbocycles. The van der Waals surface area contributed by atoms with Gasteiger partial charge in [0, 0.05) is 22.7 Å². The molecule has 1 unspecified atom stereocenters. The maximum atomic E-state index is 13.0. The number of esters is 1. The molecule has 2 heterocycles. The second-order valence-electron chi connectivity index (χ2n) is 7.42.